The maximum absolute atomic E-state index is 4.50. The maximum atomic E-state index is 4.50. The summed E-state index contributed by atoms with van der Waals surface area (Å²) in [5.74, 6) is 0.859. The van der Waals surface area contributed by atoms with Crippen molar-refractivity contribution in [3.8, 4) is 11.4 Å². The van der Waals surface area contributed by atoms with Gasteiger partial charge in [-0.15, -0.1) is 0 Å². The molecule has 0 bridgehead atoms. The second-order valence-electron chi connectivity index (χ2n) is 3.87. The van der Waals surface area contributed by atoms with Gasteiger partial charge in [-0.05, 0) is 30.7 Å². The van der Waals surface area contributed by atoms with E-state index in [0.717, 1.165) is 27.0 Å². The lowest BCUT2D eigenvalue weighted by atomic mass is 10.1. The molecule has 1 aromatic carbocycles. The van der Waals surface area contributed by atoms with Crippen molar-refractivity contribution >= 4 is 27.1 Å². The Morgan fingerprint density at radius 3 is 2.88 bits per heavy atom. The quantitative estimate of drug-likeness (QED) is 0.742. The van der Waals surface area contributed by atoms with Gasteiger partial charge in [0.25, 0.3) is 0 Å². The number of benzene rings is 1. The normalized spacial score (nSPS) is 10.9. The lowest BCUT2D eigenvalue weighted by Gasteiger charge is -2.03. The molecule has 2 aromatic heterocycles. The molecule has 0 aliphatic carbocycles. The van der Waals surface area contributed by atoms with Gasteiger partial charge in [0.05, 0.1) is 5.52 Å². The first kappa shape index (κ1) is 10.5. The Balaban J connectivity index is 2.24. The minimum Gasteiger partial charge on any atom is -0.337 e. The zero-order valence-electron chi connectivity index (χ0n) is 9.24. The minimum absolute atomic E-state index is 0.752. The van der Waals surface area contributed by atoms with E-state index in [2.05, 4.69) is 43.9 Å². The van der Waals surface area contributed by atoms with Gasteiger partial charge in [-0.25, -0.2) is 9.97 Å². The Kier molecular flexibility index (Phi) is 2.44. The van der Waals surface area contributed by atoms with Gasteiger partial charge in [0.15, 0.2) is 5.65 Å². The van der Waals surface area contributed by atoms with Gasteiger partial charge >= 0.3 is 0 Å². The van der Waals surface area contributed by atoms with Crippen LogP contribution >= 0.6 is 15.9 Å². The molecule has 1 N–H and O–H groups in total. The SMILES string of the molecule is Cc1c(Br)cccc1-c1nc2ncccc2[nH]1. The van der Waals surface area contributed by atoms with Gasteiger partial charge in [0, 0.05) is 16.2 Å². The number of nitrogens with zero attached hydrogens (tertiary/aromatic N) is 2. The number of hydrogen-bond donors (Lipinski definition) is 1. The molecule has 3 aromatic rings. The Bertz CT molecular complexity index is 655. The molecule has 0 unspecified atom stereocenters. The lowest BCUT2D eigenvalue weighted by molar-refractivity contribution is 1.28. The molecule has 0 radical (unpaired) electrons. The summed E-state index contributed by atoms with van der Waals surface area (Å²) in [5, 5.41) is 0. The highest BCUT2D eigenvalue weighted by atomic mass is 79.9. The fourth-order valence-electron chi connectivity index (χ4n) is 1.84. The van der Waals surface area contributed by atoms with Crippen LogP contribution in [0.3, 0.4) is 0 Å². The summed E-state index contributed by atoms with van der Waals surface area (Å²) in [6, 6.07) is 9.97. The number of aromatic nitrogens is 3. The predicted octanol–water partition coefficient (Wildman–Crippen LogP) is 3.70. The number of imidazole rings is 1. The standard InChI is InChI=1S/C13H10BrN3/c1-8-9(4-2-5-10(8)14)12-16-11-6-3-7-15-13(11)17-12/h2-7H,1H3,(H,15,16,17). The molecule has 3 rings (SSSR count). The van der Waals surface area contributed by atoms with Crippen LogP contribution in [0.25, 0.3) is 22.6 Å². The number of fused-ring (bicyclic) bond motifs is 1. The van der Waals surface area contributed by atoms with E-state index in [1.807, 2.05) is 24.3 Å². The smallest absolute Gasteiger partial charge is 0.178 e. The summed E-state index contributed by atoms with van der Waals surface area (Å²) in [7, 11) is 0. The van der Waals surface area contributed by atoms with Gasteiger partial charge < -0.3 is 4.98 Å². The fraction of sp³-hybridized carbons (Fsp3) is 0.0769. The monoisotopic (exact) mass is 287 g/mol. The maximum Gasteiger partial charge on any atom is 0.178 e. The fourth-order valence-corrected chi connectivity index (χ4v) is 2.20. The van der Waals surface area contributed by atoms with Crippen LogP contribution in [-0.4, -0.2) is 15.0 Å². The van der Waals surface area contributed by atoms with Crippen molar-refractivity contribution in [1.82, 2.24) is 15.0 Å². The molecular formula is C13H10BrN3. The Morgan fingerprint density at radius 2 is 2.06 bits per heavy atom. The van der Waals surface area contributed by atoms with Crippen molar-refractivity contribution in [3.05, 3.63) is 46.6 Å². The van der Waals surface area contributed by atoms with Crippen molar-refractivity contribution in [2.75, 3.05) is 0 Å². The van der Waals surface area contributed by atoms with Crippen LogP contribution in [0.2, 0.25) is 0 Å². The van der Waals surface area contributed by atoms with Crippen LogP contribution in [0.4, 0.5) is 0 Å². The van der Waals surface area contributed by atoms with E-state index >= 15 is 0 Å². The van der Waals surface area contributed by atoms with Gasteiger partial charge in [-0.1, -0.05) is 28.1 Å². The van der Waals surface area contributed by atoms with Crippen molar-refractivity contribution < 1.29 is 0 Å². The summed E-state index contributed by atoms with van der Waals surface area (Å²) in [6.07, 6.45) is 1.75. The van der Waals surface area contributed by atoms with Crippen molar-refractivity contribution in [1.29, 1.82) is 0 Å². The zero-order valence-corrected chi connectivity index (χ0v) is 10.8. The number of pyridine rings is 1. The molecule has 0 aliphatic rings. The molecule has 4 heteroatoms. The molecule has 0 amide bonds. The molecule has 0 spiro atoms. The van der Waals surface area contributed by atoms with Gasteiger partial charge in [0.1, 0.15) is 5.82 Å². The van der Waals surface area contributed by atoms with Crippen molar-refractivity contribution in [3.63, 3.8) is 0 Å². The van der Waals surface area contributed by atoms with Crippen LogP contribution in [-0.2, 0) is 0 Å². The molecule has 0 fully saturated rings. The molecular weight excluding hydrogens is 278 g/mol. The topological polar surface area (TPSA) is 41.6 Å². The van der Waals surface area contributed by atoms with Crippen molar-refractivity contribution in [2.24, 2.45) is 0 Å². The molecule has 2 heterocycles. The molecule has 0 atom stereocenters. The third-order valence-corrected chi connectivity index (χ3v) is 3.64. The Labute approximate surface area is 107 Å². The Morgan fingerprint density at radius 1 is 1.18 bits per heavy atom. The number of nitrogens with one attached hydrogen (secondary N) is 1. The van der Waals surface area contributed by atoms with Gasteiger partial charge in [0.2, 0.25) is 0 Å². The average Bonchev–Trinajstić information content (AvgIpc) is 2.76. The van der Waals surface area contributed by atoms with E-state index in [0.29, 0.717) is 0 Å². The van der Waals surface area contributed by atoms with Gasteiger partial charge in [-0.3, -0.25) is 0 Å². The largest absolute Gasteiger partial charge is 0.337 e. The van der Waals surface area contributed by atoms with E-state index in [1.165, 1.54) is 5.56 Å². The van der Waals surface area contributed by atoms with E-state index in [-0.39, 0.29) is 0 Å². The molecule has 0 saturated heterocycles. The average molecular weight is 288 g/mol. The third-order valence-electron chi connectivity index (χ3n) is 2.78. The first-order valence-electron chi connectivity index (χ1n) is 5.32. The number of aromatic amines is 1. The van der Waals surface area contributed by atoms with Crippen LogP contribution in [0, 0.1) is 6.92 Å². The van der Waals surface area contributed by atoms with E-state index in [1.54, 1.807) is 6.20 Å². The molecule has 0 aliphatic heterocycles. The second kappa shape index (κ2) is 3.96. The zero-order chi connectivity index (χ0) is 11.8. The highest BCUT2D eigenvalue weighted by Crippen LogP contribution is 2.27. The minimum atomic E-state index is 0.752. The highest BCUT2D eigenvalue weighted by Gasteiger charge is 2.09. The summed E-state index contributed by atoms with van der Waals surface area (Å²) in [5.41, 5.74) is 3.98. The van der Waals surface area contributed by atoms with Crippen LogP contribution < -0.4 is 0 Å². The summed E-state index contributed by atoms with van der Waals surface area (Å²) >= 11 is 3.53. The predicted molar refractivity (Wildman–Crippen MR) is 71.8 cm³/mol. The first-order valence-corrected chi connectivity index (χ1v) is 6.11. The molecule has 3 nitrogen and oxygen atoms in total. The van der Waals surface area contributed by atoms with E-state index in [4.69, 9.17) is 0 Å². The van der Waals surface area contributed by atoms with Crippen LogP contribution in [0.5, 0.6) is 0 Å². The van der Waals surface area contributed by atoms with E-state index < -0.39 is 0 Å². The van der Waals surface area contributed by atoms with E-state index in [9.17, 15) is 0 Å². The van der Waals surface area contributed by atoms with Crippen molar-refractivity contribution in [2.45, 2.75) is 6.92 Å². The lowest BCUT2D eigenvalue weighted by Crippen LogP contribution is -1.86. The Hall–Kier alpha value is -1.68. The number of hydrogen-bond acceptors (Lipinski definition) is 2. The third kappa shape index (κ3) is 1.74. The second-order valence-corrected chi connectivity index (χ2v) is 4.73. The highest BCUT2D eigenvalue weighted by molar-refractivity contribution is 9.10. The summed E-state index contributed by atoms with van der Waals surface area (Å²) in [6.45, 7) is 2.07. The van der Waals surface area contributed by atoms with Crippen LogP contribution in [0.15, 0.2) is 41.0 Å². The molecule has 0 saturated carbocycles. The van der Waals surface area contributed by atoms with Gasteiger partial charge in [-0.2, -0.15) is 0 Å². The number of H-pyrrole nitrogens is 1. The van der Waals surface area contributed by atoms with Crippen LogP contribution in [0.1, 0.15) is 5.56 Å². The molecule has 17 heavy (non-hydrogen) atoms. The summed E-state index contributed by atoms with van der Waals surface area (Å²) < 4.78 is 1.09. The molecule has 84 valence electrons. The number of halogens is 1. The summed E-state index contributed by atoms with van der Waals surface area (Å²) in [4.78, 5) is 12.0. The first-order chi connectivity index (χ1) is 8.25. The number of rotatable bonds is 1.